The Kier molecular flexibility index (Phi) is 3.57. The standard InChI is InChI=1S/C11H8Cl2FN3/c12-7-2-1-6(3-8(7)13)11-10(14)9(4-15)16-5-17-11/h1-3,5H,4,15H2. The fourth-order valence-electron chi connectivity index (χ4n) is 1.39. The number of benzene rings is 1. The molecule has 0 radical (unpaired) electrons. The van der Waals surface area contributed by atoms with Gasteiger partial charge in [-0.1, -0.05) is 29.3 Å². The van der Waals surface area contributed by atoms with E-state index in [9.17, 15) is 4.39 Å². The highest BCUT2D eigenvalue weighted by molar-refractivity contribution is 6.42. The SMILES string of the molecule is NCc1ncnc(-c2ccc(Cl)c(Cl)c2)c1F. The molecule has 0 saturated carbocycles. The van der Waals surface area contributed by atoms with E-state index in [0.29, 0.717) is 15.6 Å². The Morgan fingerprint density at radius 2 is 1.94 bits per heavy atom. The van der Waals surface area contributed by atoms with Gasteiger partial charge in [-0.2, -0.15) is 0 Å². The molecule has 0 unspecified atom stereocenters. The fraction of sp³-hybridized carbons (Fsp3) is 0.0909. The van der Waals surface area contributed by atoms with Gasteiger partial charge < -0.3 is 5.73 Å². The minimum absolute atomic E-state index is 0.0165. The molecule has 0 amide bonds. The zero-order valence-corrected chi connectivity index (χ0v) is 10.1. The van der Waals surface area contributed by atoms with E-state index >= 15 is 0 Å². The van der Waals surface area contributed by atoms with Crippen molar-refractivity contribution < 1.29 is 4.39 Å². The summed E-state index contributed by atoms with van der Waals surface area (Å²) in [6, 6.07) is 4.78. The van der Waals surface area contributed by atoms with Crippen LogP contribution in [0.2, 0.25) is 10.0 Å². The van der Waals surface area contributed by atoms with Crippen LogP contribution in [0, 0.1) is 5.82 Å². The monoisotopic (exact) mass is 271 g/mol. The van der Waals surface area contributed by atoms with Crippen molar-refractivity contribution >= 4 is 23.2 Å². The van der Waals surface area contributed by atoms with Gasteiger partial charge in [-0.3, -0.25) is 0 Å². The van der Waals surface area contributed by atoms with Gasteiger partial charge in [0, 0.05) is 12.1 Å². The fourth-order valence-corrected chi connectivity index (χ4v) is 1.69. The van der Waals surface area contributed by atoms with E-state index < -0.39 is 5.82 Å². The molecule has 0 aliphatic carbocycles. The van der Waals surface area contributed by atoms with Gasteiger partial charge in [0.2, 0.25) is 0 Å². The molecule has 0 saturated heterocycles. The summed E-state index contributed by atoms with van der Waals surface area (Å²) < 4.78 is 13.9. The van der Waals surface area contributed by atoms with Gasteiger partial charge in [0.1, 0.15) is 12.0 Å². The average Bonchev–Trinajstić information content (AvgIpc) is 2.33. The van der Waals surface area contributed by atoms with Gasteiger partial charge in [-0.15, -0.1) is 0 Å². The van der Waals surface area contributed by atoms with Crippen LogP contribution in [0.4, 0.5) is 4.39 Å². The first-order valence-electron chi connectivity index (χ1n) is 4.78. The van der Waals surface area contributed by atoms with Crippen LogP contribution in [0.5, 0.6) is 0 Å². The van der Waals surface area contributed by atoms with Gasteiger partial charge in [0.15, 0.2) is 5.82 Å². The van der Waals surface area contributed by atoms with Crippen molar-refractivity contribution in [1.82, 2.24) is 9.97 Å². The van der Waals surface area contributed by atoms with Crippen LogP contribution in [0.15, 0.2) is 24.5 Å². The van der Waals surface area contributed by atoms with Crippen LogP contribution in [-0.2, 0) is 6.54 Å². The van der Waals surface area contributed by atoms with Crippen molar-refractivity contribution in [3.8, 4) is 11.3 Å². The van der Waals surface area contributed by atoms with E-state index in [0.717, 1.165) is 0 Å². The van der Waals surface area contributed by atoms with Gasteiger partial charge in [0.05, 0.1) is 15.7 Å². The van der Waals surface area contributed by atoms with Crippen molar-refractivity contribution in [1.29, 1.82) is 0 Å². The largest absolute Gasteiger partial charge is 0.325 e. The molecular weight excluding hydrogens is 264 g/mol. The number of hydrogen-bond donors (Lipinski definition) is 1. The Bertz CT molecular complexity index is 560. The summed E-state index contributed by atoms with van der Waals surface area (Å²) in [4.78, 5) is 7.64. The van der Waals surface area contributed by atoms with E-state index in [2.05, 4.69) is 9.97 Å². The molecule has 88 valence electrons. The van der Waals surface area contributed by atoms with E-state index in [1.165, 1.54) is 6.33 Å². The smallest absolute Gasteiger partial charge is 0.172 e. The number of hydrogen-bond acceptors (Lipinski definition) is 3. The number of aromatic nitrogens is 2. The molecule has 2 rings (SSSR count). The highest BCUT2D eigenvalue weighted by Crippen LogP contribution is 2.29. The van der Waals surface area contributed by atoms with Crippen LogP contribution in [-0.4, -0.2) is 9.97 Å². The third-order valence-corrected chi connectivity index (χ3v) is 2.99. The molecule has 2 aromatic rings. The summed E-state index contributed by atoms with van der Waals surface area (Å²) in [6.45, 7) is 0.0165. The first-order chi connectivity index (χ1) is 8.13. The van der Waals surface area contributed by atoms with Crippen LogP contribution < -0.4 is 5.73 Å². The molecule has 1 aromatic heterocycles. The summed E-state index contributed by atoms with van der Waals surface area (Å²) in [6.07, 6.45) is 1.27. The van der Waals surface area contributed by atoms with Crippen molar-refractivity contribution in [2.24, 2.45) is 5.73 Å². The molecule has 0 bridgehead atoms. The van der Waals surface area contributed by atoms with Gasteiger partial charge in [0.25, 0.3) is 0 Å². The van der Waals surface area contributed by atoms with Gasteiger partial charge in [-0.25, -0.2) is 14.4 Å². The average molecular weight is 272 g/mol. The molecular formula is C11H8Cl2FN3. The van der Waals surface area contributed by atoms with E-state index in [4.69, 9.17) is 28.9 Å². The predicted molar refractivity (Wildman–Crippen MR) is 65.3 cm³/mol. The lowest BCUT2D eigenvalue weighted by Crippen LogP contribution is -2.05. The maximum atomic E-state index is 13.9. The third kappa shape index (κ3) is 2.39. The maximum Gasteiger partial charge on any atom is 0.172 e. The summed E-state index contributed by atoms with van der Waals surface area (Å²) in [5, 5.41) is 0.750. The van der Waals surface area contributed by atoms with Gasteiger partial charge >= 0.3 is 0 Å². The molecule has 0 atom stereocenters. The van der Waals surface area contributed by atoms with Crippen molar-refractivity contribution in [3.05, 3.63) is 46.1 Å². The second kappa shape index (κ2) is 4.96. The van der Waals surface area contributed by atoms with E-state index in [-0.39, 0.29) is 17.9 Å². The highest BCUT2D eigenvalue weighted by atomic mass is 35.5. The van der Waals surface area contributed by atoms with Crippen LogP contribution in [0.1, 0.15) is 5.69 Å². The van der Waals surface area contributed by atoms with Crippen LogP contribution >= 0.6 is 23.2 Å². The number of nitrogens with two attached hydrogens (primary N) is 1. The molecule has 1 aromatic carbocycles. The summed E-state index contributed by atoms with van der Waals surface area (Å²) in [5.74, 6) is -0.534. The summed E-state index contributed by atoms with van der Waals surface area (Å²) in [7, 11) is 0. The molecule has 6 heteroatoms. The Morgan fingerprint density at radius 3 is 2.59 bits per heavy atom. The van der Waals surface area contributed by atoms with Crippen LogP contribution in [0.3, 0.4) is 0 Å². The molecule has 3 nitrogen and oxygen atoms in total. The summed E-state index contributed by atoms with van der Waals surface area (Å²) in [5.41, 5.74) is 6.24. The second-order valence-electron chi connectivity index (χ2n) is 3.32. The van der Waals surface area contributed by atoms with Crippen molar-refractivity contribution in [2.75, 3.05) is 0 Å². The zero-order chi connectivity index (χ0) is 12.4. The van der Waals surface area contributed by atoms with Gasteiger partial charge in [-0.05, 0) is 12.1 Å². The lowest BCUT2D eigenvalue weighted by molar-refractivity contribution is 0.596. The first-order valence-corrected chi connectivity index (χ1v) is 5.54. The van der Waals surface area contributed by atoms with Crippen molar-refractivity contribution in [3.63, 3.8) is 0 Å². The minimum atomic E-state index is -0.534. The zero-order valence-electron chi connectivity index (χ0n) is 8.62. The van der Waals surface area contributed by atoms with E-state index in [1.807, 2.05) is 0 Å². The quantitative estimate of drug-likeness (QED) is 0.914. The van der Waals surface area contributed by atoms with E-state index in [1.54, 1.807) is 18.2 Å². The Labute approximate surface area is 107 Å². The number of nitrogens with zero attached hydrogens (tertiary/aromatic N) is 2. The Morgan fingerprint density at radius 1 is 1.18 bits per heavy atom. The molecule has 0 aliphatic heterocycles. The predicted octanol–water partition coefficient (Wildman–Crippen LogP) is 3.05. The molecule has 0 fully saturated rings. The molecule has 17 heavy (non-hydrogen) atoms. The normalized spacial score (nSPS) is 10.6. The topological polar surface area (TPSA) is 51.8 Å². The highest BCUT2D eigenvalue weighted by Gasteiger charge is 2.12. The first kappa shape index (κ1) is 12.2. The lowest BCUT2D eigenvalue weighted by atomic mass is 10.1. The second-order valence-corrected chi connectivity index (χ2v) is 4.13. The molecule has 0 aliphatic rings. The van der Waals surface area contributed by atoms with Crippen LogP contribution in [0.25, 0.3) is 11.3 Å². The number of rotatable bonds is 2. The molecule has 0 spiro atoms. The molecule has 2 N–H and O–H groups in total. The third-order valence-electron chi connectivity index (χ3n) is 2.25. The number of halogens is 3. The molecule has 1 heterocycles. The summed E-state index contributed by atoms with van der Waals surface area (Å²) >= 11 is 11.7. The Balaban J connectivity index is 2.56. The Hall–Kier alpha value is -1.23. The lowest BCUT2D eigenvalue weighted by Gasteiger charge is -2.06. The van der Waals surface area contributed by atoms with Crippen molar-refractivity contribution in [2.45, 2.75) is 6.54 Å². The minimum Gasteiger partial charge on any atom is -0.325 e. The maximum absolute atomic E-state index is 13.9.